The fourth-order valence-corrected chi connectivity index (χ4v) is 1.28. The van der Waals surface area contributed by atoms with E-state index in [0.29, 0.717) is 11.4 Å². The largest absolute Gasteiger partial charge is 0.389 e. The van der Waals surface area contributed by atoms with Gasteiger partial charge in [-0.2, -0.15) is 13.2 Å². The molecule has 0 fully saturated rings. The van der Waals surface area contributed by atoms with Crippen molar-refractivity contribution >= 4 is 21.8 Å². The third-order valence-corrected chi connectivity index (χ3v) is 2.19. The van der Waals surface area contributed by atoms with Crippen molar-refractivity contribution in [2.45, 2.75) is 43.6 Å². The van der Waals surface area contributed by atoms with Crippen molar-refractivity contribution in [3.63, 3.8) is 0 Å². The highest BCUT2D eigenvalue weighted by molar-refractivity contribution is 9.09. The van der Waals surface area contributed by atoms with Crippen LogP contribution in [-0.4, -0.2) is 23.5 Å². The lowest BCUT2D eigenvalue weighted by Crippen LogP contribution is -2.26. The highest BCUT2D eigenvalue weighted by Crippen LogP contribution is 2.20. The quantitative estimate of drug-likeness (QED) is 0.591. The van der Waals surface area contributed by atoms with Gasteiger partial charge in [0.25, 0.3) is 0 Å². The van der Waals surface area contributed by atoms with Crippen LogP contribution in [0.15, 0.2) is 0 Å². The molecule has 1 N–H and O–H groups in total. The molecule has 15 heavy (non-hydrogen) atoms. The summed E-state index contributed by atoms with van der Waals surface area (Å²) in [6, 6.07) is 0. The second kappa shape index (κ2) is 7.09. The smallest absolute Gasteiger partial charge is 0.356 e. The van der Waals surface area contributed by atoms with E-state index in [1.165, 1.54) is 0 Å². The number of alkyl halides is 4. The molecule has 0 spiro atoms. The molecule has 2 nitrogen and oxygen atoms in total. The molecule has 0 aromatic rings. The van der Waals surface area contributed by atoms with Crippen molar-refractivity contribution in [2.24, 2.45) is 0 Å². The minimum atomic E-state index is -4.25. The maximum atomic E-state index is 11.7. The van der Waals surface area contributed by atoms with Crippen LogP contribution in [0.3, 0.4) is 0 Å². The number of hydrogen-bond acceptors (Lipinski definition) is 1. The van der Waals surface area contributed by atoms with Gasteiger partial charge in [-0.25, -0.2) is 0 Å². The first-order valence-corrected chi connectivity index (χ1v) is 5.70. The zero-order chi connectivity index (χ0) is 11.9. The standard InChI is InChI=1S/C9H15BrF3NO/c1-7(10)3-2-6-14-8(15)4-5-9(11,12)13/h7H,2-6H2,1H3,(H,14,15). The average molecular weight is 290 g/mol. The molecular formula is C9H15BrF3NO. The van der Waals surface area contributed by atoms with Crippen molar-refractivity contribution in [1.29, 1.82) is 0 Å². The highest BCUT2D eigenvalue weighted by atomic mass is 79.9. The van der Waals surface area contributed by atoms with Crippen molar-refractivity contribution < 1.29 is 18.0 Å². The molecule has 0 saturated heterocycles. The Morgan fingerprint density at radius 3 is 2.53 bits per heavy atom. The fourth-order valence-electron chi connectivity index (χ4n) is 0.955. The Bertz CT molecular complexity index is 194. The van der Waals surface area contributed by atoms with E-state index in [4.69, 9.17) is 0 Å². The van der Waals surface area contributed by atoms with Crippen LogP contribution in [0.1, 0.15) is 32.6 Å². The average Bonchev–Trinajstić information content (AvgIpc) is 2.07. The van der Waals surface area contributed by atoms with E-state index >= 15 is 0 Å². The Morgan fingerprint density at radius 2 is 2.07 bits per heavy atom. The van der Waals surface area contributed by atoms with Gasteiger partial charge in [-0.15, -0.1) is 0 Å². The molecule has 6 heteroatoms. The van der Waals surface area contributed by atoms with Crippen molar-refractivity contribution in [2.75, 3.05) is 6.54 Å². The number of nitrogens with one attached hydrogen (secondary N) is 1. The lowest BCUT2D eigenvalue weighted by Gasteiger charge is -2.07. The first-order chi connectivity index (χ1) is 6.81. The molecule has 0 aromatic heterocycles. The SMILES string of the molecule is CC(Br)CCCNC(=O)CCC(F)(F)F. The molecule has 90 valence electrons. The summed E-state index contributed by atoms with van der Waals surface area (Å²) in [4.78, 5) is 11.3. The summed E-state index contributed by atoms with van der Waals surface area (Å²) >= 11 is 3.34. The number of rotatable bonds is 6. The summed E-state index contributed by atoms with van der Waals surface area (Å²) in [5.41, 5.74) is 0. The normalized spacial score (nSPS) is 13.7. The Kier molecular flexibility index (Phi) is 6.96. The maximum Gasteiger partial charge on any atom is 0.389 e. The Morgan fingerprint density at radius 1 is 1.47 bits per heavy atom. The van der Waals surface area contributed by atoms with Gasteiger partial charge in [0.2, 0.25) is 5.91 Å². The number of carbonyl (C=O) groups excluding carboxylic acids is 1. The molecule has 1 atom stereocenters. The Hall–Kier alpha value is -0.260. The number of carbonyl (C=O) groups is 1. The number of halogens is 4. The van der Waals surface area contributed by atoms with Gasteiger partial charge in [0.1, 0.15) is 0 Å². The van der Waals surface area contributed by atoms with Crippen molar-refractivity contribution in [3.8, 4) is 0 Å². The third kappa shape index (κ3) is 11.7. The van der Waals surface area contributed by atoms with E-state index in [1.807, 2.05) is 6.92 Å². The summed E-state index contributed by atoms with van der Waals surface area (Å²) < 4.78 is 35.2. The van der Waals surface area contributed by atoms with E-state index in [1.54, 1.807) is 0 Å². The number of hydrogen-bond donors (Lipinski definition) is 1. The van der Waals surface area contributed by atoms with Crippen LogP contribution in [0.2, 0.25) is 0 Å². The molecule has 1 amide bonds. The van der Waals surface area contributed by atoms with Crippen molar-refractivity contribution in [1.82, 2.24) is 5.32 Å². The molecule has 0 aliphatic rings. The molecule has 1 unspecified atom stereocenters. The van der Waals surface area contributed by atoms with Gasteiger partial charge >= 0.3 is 6.18 Å². The van der Waals surface area contributed by atoms with Crippen LogP contribution in [0.4, 0.5) is 13.2 Å². The monoisotopic (exact) mass is 289 g/mol. The van der Waals surface area contributed by atoms with Crippen LogP contribution >= 0.6 is 15.9 Å². The minimum Gasteiger partial charge on any atom is -0.356 e. The topological polar surface area (TPSA) is 29.1 Å². The van der Waals surface area contributed by atoms with Crippen LogP contribution in [-0.2, 0) is 4.79 Å². The molecule has 0 aliphatic carbocycles. The summed E-state index contributed by atoms with van der Waals surface area (Å²) in [5, 5.41) is 2.45. The molecule has 0 aliphatic heterocycles. The van der Waals surface area contributed by atoms with Gasteiger partial charge in [0.05, 0.1) is 6.42 Å². The van der Waals surface area contributed by atoms with Gasteiger partial charge in [0.15, 0.2) is 0 Å². The van der Waals surface area contributed by atoms with E-state index in [2.05, 4.69) is 21.2 Å². The first kappa shape index (κ1) is 14.7. The molecular weight excluding hydrogens is 275 g/mol. The van der Waals surface area contributed by atoms with E-state index in [-0.39, 0.29) is 0 Å². The summed E-state index contributed by atoms with van der Waals surface area (Å²) in [6.45, 7) is 2.41. The molecule has 0 aromatic carbocycles. The molecule has 0 heterocycles. The second-order valence-electron chi connectivity index (χ2n) is 3.39. The Labute approximate surface area is 95.7 Å². The predicted octanol–water partition coefficient (Wildman–Crippen LogP) is 3.01. The highest BCUT2D eigenvalue weighted by Gasteiger charge is 2.27. The molecule has 0 bridgehead atoms. The van der Waals surface area contributed by atoms with Gasteiger partial charge in [-0.3, -0.25) is 4.79 Å². The summed E-state index contributed by atoms with van der Waals surface area (Å²) in [6.07, 6.45) is -4.12. The number of amides is 1. The predicted molar refractivity (Wildman–Crippen MR) is 55.9 cm³/mol. The minimum absolute atomic E-state index is 0.365. The lowest BCUT2D eigenvalue weighted by atomic mass is 10.2. The van der Waals surface area contributed by atoms with Crippen molar-refractivity contribution in [3.05, 3.63) is 0 Å². The van der Waals surface area contributed by atoms with Crippen LogP contribution < -0.4 is 5.32 Å². The second-order valence-corrected chi connectivity index (χ2v) is 4.95. The molecule has 0 radical (unpaired) electrons. The maximum absolute atomic E-state index is 11.7. The van der Waals surface area contributed by atoms with Gasteiger partial charge in [-0.05, 0) is 12.8 Å². The van der Waals surface area contributed by atoms with Crippen LogP contribution in [0, 0.1) is 0 Å². The summed E-state index contributed by atoms with van der Waals surface area (Å²) in [5.74, 6) is -0.533. The van der Waals surface area contributed by atoms with E-state index in [0.717, 1.165) is 12.8 Å². The zero-order valence-corrected chi connectivity index (χ0v) is 10.1. The lowest BCUT2D eigenvalue weighted by molar-refractivity contribution is -0.144. The molecule has 0 rings (SSSR count). The third-order valence-electron chi connectivity index (χ3n) is 1.74. The molecule has 0 saturated carbocycles. The van der Waals surface area contributed by atoms with Crippen LogP contribution in [0.25, 0.3) is 0 Å². The van der Waals surface area contributed by atoms with E-state index < -0.39 is 24.9 Å². The van der Waals surface area contributed by atoms with Gasteiger partial charge in [0, 0.05) is 17.8 Å². The van der Waals surface area contributed by atoms with E-state index in [9.17, 15) is 18.0 Å². The fraction of sp³-hybridized carbons (Fsp3) is 0.889. The van der Waals surface area contributed by atoms with Gasteiger partial charge in [-0.1, -0.05) is 22.9 Å². The van der Waals surface area contributed by atoms with Crippen LogP contribution in [0.5, 0.6) is 0 Å². The zero-order valence-electron chi connectivity index (χ0n) is 8.53. The summed E-state index contributed by atoms with van der Waals surface area (Å²) in [7, 11) is 0. The van der Waals surface area contributed by atoms with Gasteiger partial charge < -0.3 is 5.32 Å². The Balaban J connectivity index is 3.42. The first-order valence-electron chi connectivity index (χ1n) is 4.79.